The van der Waals surface area contributed by atoms with Crippen molar-refractivity contribution < 1.29 is 5.21 Å². The lowest BCUT2D eigenvalue weighted by Gasteiger charge is -2.27. The quantitative estimate of drug-likeness (QED) is 0.290. The molecule has 0 aromatic rings. The van der Waals surface area contributed by atoms with Crippen molar-refractivity contribution in [2.24, 2.45) is 22.7 Å². The molecule has 0 heterocycles. The van der Waals surface area contributed by atoms with Crippen molar-refractivity contribution in [3.05, 3.63) is 0 Å². The number of hydrogen-bond donors (Lipinski definition) is 2. The molecule has 0 aliphatic rings. The van der Waals surface area contributed by atoms with Crippen molar-refractivity contribution in [2.75, 3.05) is 19.6 Å². The Labute approximate surface area is 99.5 Å². The van der Waals surface area contributed by atoms with E-state index in [9.17, 15) is 0 Å². The highest BCUT2D eigenvalue weighted by Gasteiger charge is 2.15. The fraction of sp³-hybridized carbons (Fsp3) is 0.917. The van der Waals surface area contributed by atoms with Crippen molar-refractivity contribution in [3.63, 3.8) is 0 Å². The molecular formula is C12H27N3O. The molecule has 0 aliphatic carbocycles. The number of oxime groups is 1. The molecule has 0 aliphatic heterocycles. The lowest BCUT2D eigenvalue weighted by Crippen LogP contribution is -2.37. The topological polar surface area (TPSA) is 61.8 Å². The summed E-state index contributed by atoms with van der Waals surface area (Å²) in [6.07, 6.45) is 2.43. The first-order valence-corrected chi connectivity index (χ1v) is 6.28. The zero-order valence-electron chi connectivity index (χ0n) is 11.1. The fourth-order valence-electron chi connectivity index (χ4n) is 1.82. The van der Waals surface area contributed by atoms with Crippen LogP contribution in [0.15, 0.2) is 5.16 Å². The van der Waals surface area contributed by atoms with Gasteiger partial charge in [-0.05, 0) is 12.5 Å². The van der Waals surface area contributed by atoms with Crippen LogP contribution in [0.5, 0.6) is 0 Å². The highest BCUT2D eigenvalue weighted by molar-refractivity contribution is 5.82. The highest BCUT2D eigenvalue weighted by Crippen LogP contribution is 2.11. The fourth-order valence-corrected chi connectivity index (χ4v) is 1.82. The van der Waals surface area contributed by atoms with Gasteiger partial charge in [0.15, 0.2) is 0 Å². The molecule has 0 aromatic carbocycles. The molecule has 3 N–H and O–H groups in total. The Balaban J connectivity index is 4.19. The standard InChI is InChI=1S/C12H27N3O/c1-5-11(6-2)9-15(7-3)8-10(4)12(13)14-16/h10-11,16H,5-9H2,1-4H3,(H2,13,14). The van der Waals surface area contributed by atoms with Gasteiger partial charge in [-0.1, -0.05) is 45.7 Å². The van der Waals surface area contributed by atoms with Gasteiger partial charge in [0.05, 0.1) is 0 Å². The molecule has 0 bridgehead atoms. The Hall–Kier alpha value is -0.770. The number of nitrogens with zero attached hydrogens (tertiary/aromatic N) is 2. The first kappa shape index (κ1) is 15.2. The molecule has 16 heavy (non-hydrogen) atoms. The number of nitrogens with two attached hydrogens (primary N) is 1. The van der Waals surface area contributed by atoms with E-state index in [2.05, 4.69) is 30.8 Å². The minimum atomic E-state index is 0.110. The summed E-state index contributed by atoms with van der Waals surface area (Å²) < 4.78 is 0. The van der Waals surface area contributed by atoms with Crippen molar-refractivity contribution in [1.82, 2.24) is 4.90 Å². The monoisotopic (exact) mass is 229 g/mol. The van der Waals surface area contributed by atoms with Gasteiger partial charge in [0, 0.05) is 19.0 Å². The molecule has 0 aromatic heterocycles. The van der Waals surface area contributed by atoms with Gasteiger partial charge in [0.1, 0.15) is 5.84 Å². The average Bonchev–Trinajstić information content (AvgIpc) is 2.32. The molecule has 4 nitrogen and oxygen atoms in total. The summed E-state index contributed by atoms with van der Waals surface area (Å²) in [6.45, 7) is 11.6. The minimum absolute atomic E-state index is 0.110. The maximum atomic E-state index is 8.61. The second-order valence-corrected chi connectivity index (χ2v) is 4.46. The van der Waals surface area contributed by atoms with E-state index in [0.717, 1.165) is 25.6 Å². The molecule has 0 fully saturated rings. The van der Waals surface area contributed by atoms with E-state index in [1.165, 1.54) is 12.8 Å². The van der Waals surface area contributed by atoms with Crippen LogP contribution in [0.4, 0.5) is 0 Å². The largest absolute Gasteiger partial charge is 0.409 e. The maximum Gasteiger partial charge on any atom is 0.143 e. The maximum absolute atomic E-state index is 8.61. The first-order valence-electron chi connectivity index (χ1n) is 6.28. The molecule has 0 saturated heterocycles. The SMILES string of the molecule is CCC(CC)CN(CC)CC(C)C(N)=NO. The van der Waals surface area contributed by atoms with Crippen LogP contribution in [0, 0.1) is 11.8 Å². The first-order chi connectivity index (χ1) is 7.58. The van der Waals surface area contributed by atoms with Crippen LogP contribution >= 0.6 is 0 Å². The van der Waals surface area contributed by atoms with E-state index in [1.807, 2.05) is 6.92 Å². The van der Waals surface area contributed by atoms with Gasteiger partial charge in [-0.25, -0.2) is 0 Å². The molecule has 0 rings (SSSR count). The smallest absolute Gasteiger partial charge is 0.143 e. The Morgan fingerprint density at radius 3 is 2.19 bits per heavy atom. The molecule has 0 spiro atoms. The van der Waals surface area contributed by atoms with Crippen LogP contribution in [0.1, 0.15) is 40.5 Å². The molecule has 0 radical (unpaired) electrons. The van der Waals surface area contributed by atoms with Crippen molar-refractivity contribution >= 4 is 5.84 Å². The van der Waals surface area contributed by atoms with E-state index < -0.39 is 0 Å². The van der Waals surface area contributed by atoms with Crippen LogP contribution in [-0.2, 0) is 0 Å². The van der Waals surface area contributed by atoms with Crippen molar-refractivity contribution in [2.45, 2.75) is 40.5 Å². The molecule has 4 heteroatoms. The summed E-state index contributed by atoms with van der Waals surface area (Å²) in [7, 11) is 0. The Morgan fingerprint density at radius 1 is 1.25 bits per heavy atom. The summed E-state index contributed by atoms with van der Waals surface area (Å²) in [5.41, 5.74) is 5.59. The highest BCUT2D eigenvalue weighted by atomic mass is 16.4. The van der Waals surface area contributed by atoms with E-state index in [1.54, 1.807) is 0 Å². The van der Waals surface area contributed by atoms with Crippen LogP contribution in [0.25, 0.3) is 0 Å². The van der Waals surface area contributed by atoms with Crippen LogP contribution < -0.4 is 5.73 Å². The normalized spacial score (nSPS) is 14.8. The molecular weight excluding hydrogens is 202 g/mol. The lowest BCUT2D eigenvalue weighted by molar-refractivity contribution is 0.220. The summed E-state index contributed by atoms with van der Waals surface area (Å²) in [5.74, 6) is 1.18. The van der Waals surface area contributed by atoms with Crippen LogP contribution in [0.3, 0.4) is 0 Å². The lowest BCUT2D eigenvalue weighted by atomic mass is 10.0. The second-order valence-electron chi connectivity index (χ2n) is 4.46. The van der Waals surface area contributed by atoms with E-state index in [-0.39, 0.29) is 5.92 Å². The average molecular weight is 229 g/mol. The van der Waals surface area contributed by atoms with Crippen molar-refractivity contribution in [3.8, 4) is 0 Å². The van der Waals surface area contributed by atoms with Gasteiger partial charge in [0.25, 0.3) is 0 Å². The number of hydrogen-bond acceptors (Lipinski definition) is 3. The van der Waals surface area contributed by atoms with Gasteiger partial charge in [-0.15, -0.1) is 0 Å². The summed E-state index contributed by atoms with van der Waals surface area (Å²) in [4.78, 5) is 2.38. The summed E-state index contributed by atoms with van der Waals surface area (Å²) in [6, 6.07) is 0. The zero-order valence-corrected chi connectivity index (χ0v) is 11.1. The van der Waals surface area contributed by atoms with E-state index in [4.69, 9.17) is 10.9 Å². The Bertz CT molecular complexity index is 202. The Morgan fingerprint density at radius 2 is 1.81 bits per heavy atom. The van der Waals surface area contributed by atoms with Crippen LogP contribution in [-0.4, -0.2) is 35.6 Å². The Kier molecular flexibility index (Phi) is 7.99. The molecule has 1 atom stereocenters. The van der Waals surface area contributed by atoms with Crippen LogP contribution in [0.2, 0.25) is 0 Å². The number of rotatable bonds is 8. The number of amidine groups is 1. The summed E-state index contributed by atoms with van der Waals surface area (Å²) >= 11 is 0. The molecule has 0 amide bonds. The third kappa shape index (κ3) is 5.35. The third-order valence-corrected chi connectivity index (χ3v) is 3.27. The predicted molar refractivity (Wildman–Crippen MR) is 68.8 cm³/mol. The predicted octanol–water partition coefficient (Wildman–Crippen LogP) is 2.13. The summed E-state index contributed by atoms with van der Waals surface area (Å²) in [5, 5.41) is 11.7. The molecule has 0 saturated carbocycles. The second kappa shape index (κ2) is 8.39. The van der Waals surface area contributed by atoms with E-state index in [0.29, 0.717) is 5.84 Å². The van der Waals surface area contributed by atoms with E-state index >= 15 is 0 Å². The van der Waals surface area contributed by atoms with Gasteiger partial charge in [0.2, 0.25) is 0 Å². The van der Waals surface area contributed by atoms with Gasteiger partial charge in [-0.3, -0.25) is 0 Å². The minimum Gasteiger partial charge on any atom is -0.409 e. The third-order valence-electron chi connectivity index (χ3n) is 3.27. The molecule has 1 unspecified atom stereocenters. The zero-order chi connectivity index (χ0) is 12.6. The van der Waals surface area contributed by atoms with Gasteiger partial charge >= 0.3 is 0 Å². The van der Waals surface area contributed by atoms with Gasteiger partial charge < -0.3 is 15.8 Å². The van der Waals surface area contributed by atoms with Gasteiger partial charge in [-0.2, -0.15) is 0 Å². The molecule has 96 valence electrons. The van der Waals surface area contributed by atoms with Crippen molar-refractivity contribution in [1.29, 1.82) is 0 Å².